The van der Waals surface area contributed by atoms with E-state index in [4.69, 9.17) is 0 Å². The van der Waals surface area contributed by atoms with Crippen LogP contribution in [0.3, 0.4) is 0 Å². The van der Waals surface area contributed by atoms with Gasteiger partial charge in [-0.2, -0.15) is 0 Å². The van der Waals surface area contributed by atoms with E-state index in [1.54, 1.807) is 18.3 Å². The maximum Gasteiger partial charge on any atom is 0.125 e. The molecule has 0 saturated heterocycles. The molecule has 0 atom stereocenters. The number of anilines is 1. The molecular weight excluding hydrogens is 227 g/mol. The van der Waals surface area contributed by atoms with E-state index in [-0.39, 0.29) is 5.82 Å². The van der Waals surface area contributed by atoms with Crippen molar-refractivity contribution in [2.45, 2.75) is 0 Å². The lowest BCUT2D eigenvalue weighted by Gasteiger charge is -2.11. The van der Waals surface area contributed by atoms with Crippen LogP contribution in [0.25, 0.3) is 0 Å². The van der Waals surface area contributed by atoms with E-state index in [1.807, 2.05) is 43.3 Å². The van der Waals surface area contributed by atoms with Gasteiger partial charge >= 0.3 is 0 Å². The average Bonchev–Trinajstić information content (AvgIpc) is 2.37. The van der Waals surface area contributed by atoms with E-state index >= 15 is 0 Å². The third-order valence-corrected chi connectivity index (χ3v) is 2.58. The average molecular weight is 242 g/mol. The molecule has 2 nitrogen and oxygen atoms in total. The van der Waals surface area contributed by atoms with Gasteiger partial charge in [-0.3, -0.25) is 4.99 Å². The van der Waals surface area contributed by atoms with Crippen LogP contribution in [0.1, 0.15) is 5.56 Å². The molecule has 0 fully saturated rings. The molecule has 0 spiro atoms. The highest BCUT2D eigenvalue weighted by Gasteiger charge is 1.95. The Hall–Kier alpha value is -2.16. The number of aliphatic imine (C=N–C) groups is 1. The molecule has 0 heterocycles. The van der Waals surface area contributed by atoms with Crippen LogP contribution in [0.15, 0.2) is 53.5 Å². The Kier molecular flexibility index (Phi) is 3.72. The van der Waals surface area contributed by atoms with Crippen LogP contribution in [0.2, 0.25) is 0 Å². The first-order valence-corrected chi connectivity index (χ1v) is 5.72. The zero-order valence-corrected chi connectivity index (χ0v) is 10.5. The summed E-state index contributed by atoms with van der Waals surface area (Å²) in [6, 6.07) is 14.2. The van der Waals surface area contributed by atoms with Crippen LogP contribution in [-0.2, 0) is 0 Å². The van der Waals surface area contributed by atoms with Gasteiger partial charge in [0.2, 0.25) is 0 Å². The van der Waals surface area contributed by atoms with E-state index < -0.39 is 0 Å². The molecule has 0 N–H and O–H groups in total. The van der Waals surface area contributed by atoms with Crippen molar-refractivity contribution in [3.8, 4) is 0 Å². The SMILES string of the molecule is CN(C)c1ccc(C=Nc2cccc(F)c2)cc1. The van der Waals surface area contributed by atoms with Crippen molar-refractivity contribution < 1.29 is 4.39 Å². The molecule has 0 aliphatic heterocycles. The molecule has 2 aromatic rings. The Morgan fingerprint density at radius 2 is 1.78 bits per heavy atom. The molecule has 0 saturated carbocycles. The predicted octanol–water partition coefficient (Wildman–Crippen LogP) is 3.64. The molecule has 3 heteroatoms. The lowest BCUT2D eigenvalue weighted by atomic mass is 10.2. The number of nitrogens with zero attached hydrogens (tertiary/aromatic N) is 2. The highest BCUT2D eigenvalue weighted by Crippen LogP contribution is 2.14. The van der Waals surface area contributed by atoms with Crippen LogP contribution >= 0.6 is 0 Å². The van der Waals surface area contributed by atoms with Gasteiger partial charge in [-0.15, -0.1) is 0 Å². The quantitative estimate of drug-likeness (QED) is 0.750. The number of rotatable bonds is 3. The third kappa shape index (κ3) is 3.17. The number of benzene rings is 2. The van der Waals surface area contributed by atoms with Crippen LogP contribution < -0.4 is 4.90 Å². The Morgan fingerprint density at radius 3 is 2.39 bits per heavy atom. The normalized spacial score (nSPS) is 10.8. The van der Waals surface area contributed by atoms with E-state index in [2.05, 4.69) is 4.99 Å². The van der Waals surface area contributed by atoms with Gasteiger partial charge in [0.25, 0.3) is 0 Å². The van der Waals surface area contributed by atoms with Crippen LogP contribution in [0.4, 0.5) is 15.8 Å². The molecular formula is C15H15FN2. The van der Waals surface area contributed by atoms with Crippen molar-refractivity contribution >= 4 is 17.6 Å². The van der Waals surface area contributed by atoms with Gasteiger partial charge in [-0.1, -0.05) is 18.2 Å². The largest absolute Gasteiger partial charge is 0.378 e. The zero-order valence-electron chi connectivity index (χ0n) is 10.5. The topological polar surface area (TPSA) is 15.6 Å². The van der Waals surface area contributed by atoms with Gasteiger partial charge in [-0.05, 0) is 35.9 Å². The summed E-state index contributed by atoms with van der Waals surface area (Å²) in [5, 5.41) is 0. The van der Waals surface area contributed by atoms with Crippen molar-refractivity contribution in [2.75, 3.05) is 19.0 Å². The summed E-state index contributed by atoms with van der Waals surface area (Å²) < 4.78 is 13.0. The Bertz CT molecular complexity index is 545. The van der Waals surface area contributed by atoms with Gasteiger partial charge in [0.15, 0.2) is 0 Å². The van der Waals surface area contributed by atoms with Crippen molar-refractivity contribution in [2.24, 2.45) is 4.99 Å². The summed E-state index contributed by atoms with van der Waals surface area (Å²) in [5.74, 6) is -0.271. The minimum absolute atomic E-state index is 0.271. The minimum Gasteiger partial charge on any atom is -0.378 e. The Labute approximate surface area is 106 Å². The predicted molar refractivity (Wildman–Crippen MR) is 74.4 cm³/mol. The molecule has 2 aromatic carbocycles. The van der Waals surface area contributed by atoms with Crippen molar-refractivity contribution in [1.29, 1.82) is 0 Å². The highest BCUT2D eigenvalue weighted by atomic mass is 19.1. The summed E-state index contributed by atoms with van der Waals surface area (Å²) in [5.41, 5.74) is 2.74. The fourth-order valence-electron chi connectivity index (χ4n) is 1.56. The Morgan fingerprint density at radius 1 is 1.06 bits per heavy atom. The number of hydrogen-bond acceptors (Lipinski definition) is 2. The number of hydrogen-bond donors (Lipinski definition) is 0. The molecule has 92 valence electrons. The molecule has 0 aromatic heterocycles. The van der Waals surface area contributed by atoms with E-state index in [1.165, 1.54) is 12.1 Å². The van der Waals surface area contributed by atoms with Crippen LogP contribution in [0, 0.1) is 5.82 Å². The summed E-state index contributed by atoms with van der Waals surface area (Å²) >= 11 is 0. The van der Waals surface area contributed by atoms with Crippen molar-refractivity contribution in [3.05, 3.63) is 59.9 Å². The summed E-state index contributed by atoms with van der Waals surface area (Å²) in [4.78, 5) is 6.27. The lowest BCUT2D eigenvalue weighted by molar-refractivity contribution is 0.628. The van der Waals surface area contributed by atoms with Gasteiger partial charge in [-0.25, -0.2) is 4.39 Å². The molecule has 0 bridgehead atoms. The summed E-state index contributed by atoms with van der Waals surface area (Å²) in [6.45, 7) is 0. The molecule has 0 aliphatic carbocycles. The second kappa shape index (κ2) is 5.45. The van der Waals surface area contributed by atoms with E-state index in [9.17, 15) is 4.39 Å². The molecule has 0 radical (unpaired) electrons. The first-order chi connectivity index (χ1) is 8.65. The lowest BCUT2D eigenvalue weighted by Crippen LogP contribution is -2.08. The van der Waals surface area contributed by atoms with Gasteiger partial charge in [0.1, 0.15) is 5.82 Å². The molecule has 18 heavy (non-hydrogen) atoms. The Balaban J connectivity index is 2.14. The smallest absolute Gasteiger partial charge is 0.125 e. The highest BCUT2D eigenvalue weighted by molar-refractivity contribution is 5.82. The first kappa shape index (κ1) is 12.3. The fourth-order valence-corrected chi connectivity index (χ4v) is 1.56. The monoisotopic (exact) mass is 242 g/mol. The third-order valence-electron chi connectivity index (χ3n) is 2.58. The van der Waals surface area contributed by atoms with Crippen LogP contribution in [-0.4, -0.2) is 20.3 Å². The standard InChI is InChI=1S/C15H15FN2/c1-18(2)15-8-6-12(7-9-15)11-17-14-5-3-4-13(16)10-14/h3-11H,1-2H3. The molecule has 0 amide bonds. The van der Waals surface area contributed by atoms with Crippen molar-refractivity contribution in [1.82, 2.24) is 0 Å². The first-order valence-electron chi connectivity index (χ1n) is 5.72. The fraction of sp³-hybridized carbons (Fsp3) is 0.133. The van der Waals surface area contributed by atoms with Gasteiger partial charge in [0.05, 0.1) is 5.69 Å². The van der Waals surface area contributed by atoms with Gasteiger partial charge in [0, 0.05) is 26.0 Å². The van der Waals surface area contributed by atoms with Crippen molar-refractivity contribution in [3.63, 3.8) is 0 Å². The second-order valence-corrected chi connectivity index (χ2v) is 4.22. The maximum atomic E-state index is 13.0. The second-order valence-electron chi connectivity index (χ2n) is 4.22. The van der Waals surface area contributed by atoms with Crippen LogP contribution in [0.5, 0.6) is 0 Å². The molecule has 2 rings (SSSR count). The summed E-state index contributed by atoms with van der Waals surface area (Å²) in [7, 11) is 3.99. The molecule has 0 aliphatic rings. The number of halogens is 1. The zero-order chi connectivity index (χ0) is 13.0. The summed E-state index contributed by atoms with van der Waals surface area (Å²) in [6.07, 6.45) is 1.73. The van der Waals surface area contributed by atoms with E-state index in [0.29, 0.717) is 5.69 Å². The van der Waals surface area contributed by atoms with Gasteiger partial charge < -0.3 is 4.90 Å². The van der Waals surface area contributed by atoms with E-state index in [0.717, 1.165) is 11.3 Å². The maximum absolute atomic E-state index is 13.0. The molecule has 0 unspecified atom stereocenters. The minimum atomic E-state index is -0.271.